The summed E-state index contributed by atoms with van der Waals surface area (Å²) < 4.78 is 0. The topological polar surface area (TPSA) is 17.1 Å². The minimum atomic E-state index is -0.0295. The van der Waals surface area contributed by atoms with E-state index in [4.69, 9.17) is 0 Å². The van der Waals surface area contributed by atoms with Gasteiger partial charge in [0.25, 0.3) is 0 Å². The summed E-state index contributed by atoms with van der Waals surface area (Å²) in [4.78, 5) is 12.2. The summed E-state index contributed by atoms with van der Waals surface area (Å²) in [6.45, 7) is 2.09. The molecule has 0 radical (unpaired) electrons. The molecule has 1 nitrogen and oxygen atoms in total. The fourth-order valence-corrected chi connectivity index (χ4v) is 2.44. The number of carbonyl (C=O) groups is 1. The average Bonchev–Trinajstić information content (AvgIpc) is 2.95. The fraction of sp³-hybridized carbons (Fsp3) is 0.533. The molecule has 0 heterocycles. The molecule has 0 atom stereocenters. The van der Waals surface area contributed by atoms with E-state index in [1.807, 2.05) is 12.1 Å². The lowest BCUT2D eigenvalue weighted by atomic mass is 9.79. The van der Waals surface area contributed by atoms with Crippen molar-refractivity contribution in [2.24, 2.45) is 5.41 Å². The molecule has 1 aromatic carbocycles. The number of carbonyl (C=O) groups excluding carboxylic acids is 1. The lowest BCUT2D eigenvalue weighted by Crippen LogP contribution is -2.14. The second-order valence-corrected chi connectivity index (χ2v) is 5.64. The van der Waals surface area contributed by atoms with Gasteiger partial charge in [-0.05, 0) is 43.2 Å². The quantitative estimate of drug-likeness (QED) is 0.696. The molecule has 2 saturated carbocycles. The molecule has 0 spiro atoms. The molecule has 0 aromatic heterocycles. The molecule has 1 heteroatoms. The first-order valence-corrected chi connectivity index (χ1v) is 6.34. The Kier molecular flexibility index (Phi) is 2.17. The first-order chi connectivity index (χ1) is 7.69. The van der Waals surface area contributed by atoms with Gasteiger partial charge in [-0.2, -0.15) is 0 Å². The first-order valence-electron chi connectivity index (χ1n) is 6.34. The van der Waals surface area contributed by atoms with Gasteiger partial charge in [-0.25, -0.2) is 0 Å². The van der Waals surface area contributed by atoms with Gasteiger partial charge in [0.1, 0.15) is 0 Å². The Hall–Kier alpha value is -1.11. The van der Waals surface area contributed by atoms with Gasteiger partial charge in [-0.1, -0.05) is 31.5 Å². The Labute approximate surface area is 96.9 Å². The second kappa shape index (κ2) is 3.44. The number of Topliss-reactive ketones (excluding diaryl/α,β-unsaturated/α-hetero) is 1. The van der Waals surface area contributed by atoms with Crippen LogP contribution in [-0.4, -0.2) is 5.78 Å². The van der Waals surface area contributed by atoms with Crippen LogP contribution >= 0.6 is 0 Å². The van der Waals surface area contributed by atoms with Crippen LogP contribution in [0.3, 0.4) is 0 Å². The molecule has 0 amide bonds. The number of ketones is 1. The van der Waals surface area contributed by atoms with Crippen molar-refractivity contribution in [1.29, 1.82) is 0 Å². The minimum absolute atomic E-state index is 0.0295. The number of hydrogen-bond donors (Lipinski definition) is 0. The van der Waals surface area contributed by atoms with Crippen molar-refractivity contribution < 1.29 is 4.79 Å². The van der Waals surface area contributed by atoms with Crippen molar-refractivity contribution in [2.45, 2.75) is 44.9 Å². The number of rotatable bonds is 3. The Balaban J connectivity index is 1.86. The molecule has 1 aromatic rings. The van der Waals surface area contributed by atoms with Crippen molar-refractivity contribution >= 4 is 5.78 Å². The zero-order valence-electron chi connectivity index (χ0n) is 9.83. The Morgan fingerprint density at radius 2 is 2.06 bits per heavy atom. The Bertz CT molecular complexity index is 425. The lowest BCUT2D eigenvalue weighted by molar-refractivity contribution is 0.0912. The maximum atomic E-state index is 12.2. The van der Waals surface area contributed by atoms with Gasteiger partial charge in [0, 0.05) is 11.0 Å². The number of benzene rings is 1. The Morgan fingerprint density at radius 1 is 1.31 bits per heavy atom. The highest BCUT2D eigenvalue weighted by Gasteiger charge is 2.44. The van der Waals surface area contributed by atoms with Gasteiger partial charge >= 0.3 is 0 Å². The molecule has 0 N–H and O–H groups in total. The van der Waals surface area contributed by atoms with Crippen molar-refractivity contribution in [3.63, 3.8) is 0 Å². The van der Waals surface area contributed by atoms with Crippen LogP contribution in [0.5, 0.6) is 0 Å². The Morgan fingerprint density at radius 3 is 2.62 bits per heavy atom. The maximum Gasteiger partial charge on any atom is 0.168 e. The van der Waals surface area contributed by atoms with Crippen LogP contribution in [0.15, 0.2) is 24.3 Å². The van der Waals surface area contributed by atoms with E-state index in [1.165, 1.54) is 24.8 Å². The van der Waals surface area contributed by atoms with Crippen molar-refractivity contribution in [3.05, 3.63) is 35.4 Å². The summed E-state index contributed by atoms with van der Waals surface area (Å²) in [6.07, 6.45) is 6.09. The minimum Gasteiger partial charge on any atom is -0.294 e. The van der Waals surface area contributed by atoms with E-state index >= 15 is 0 Å². The van der Waals surface area contributed by atoms with Crippen LogP contribution in [0, 0.1) is 5.41 Å². The van der Waals surface area contributed by atoms with Gasteiger partial charge in [-0.3, -0.25) is 4.79 Å². The van der Waals surface area contributed by atoms with E-state index in [9.17, 15) is 4.79 Å². The molecule has 0 saturated heterocycles. The van der Waals surface area contributed by atoms with Gasteiger partial charge in [0.2, 0.25) is 0 Å². The van der Waals surface area contributed by atoms with Gasteiger partial charge in [0.05, 0.1) is 0 Å². The maximum absolute atomic E-state index is 12.2. The van der Waals surface area contributed by atoms with Crippen molar-refractivity contribution in [3.8, 4) is 0 Å². The summed E-state index contributed by atoms with van der Waals surface area (Å²) in [5, 5.41) is 0. The highest BCUT2D eigenvalue weighted by atomic mass is 16.1. The molecule has 2 aliphatic rings. The third-order valence-electron chi connectivity index (χ3n) is 4.27. The third-order valence-corrected chi connectivity index (χ3v) is 4.27. The summed E-state index contributed by atoms with van der Waals surface area (Å²) in [5.41, 5.74) is 2.28. The fourth-order valence-electron chi connectivity index (χ4n) is 2.44. The molecule has 0 bridgehead atoms. The predicted octanol–water partition coefficient (Wildman–Crippen LogP) is 3.94. The third kappa shape index (κ3) is 1.59. The molecular weight excluding hydrogens is 196 g/mol. The molecule has 0 aliphatic heterocycles. The van der Waals surface area contributed by atoms with E-state index in [-0.39, 0.29) is 5.41 Å². The molecule has 3 rings (SSSR count). The van der Waals surface area contributed by atoms with E-state index in [2.05, 4.69) is 19.1 Å². The van der Waals surface area contributed by atoms with Crippen LogP contribution in [0.1, 0.15) is 60.9 Å². The second-order valence-electron chi connectivity index (χ2n) is 5.64. The molecular formula is C15H18O. The summed E-state index contributed by atoms with van der Waals surface area (Å²) in [7, 11) is 0. The smallest absolute Gasteiger partial charge is 0.168 e. The van der Waals surface area contributed by atoms with Crippen LogP contribution in [-0.2, 0) is 0 Å². The normalized spacial score (nSPS) is 22.6. The van der Waals surface area contributed by atoms with Gasteiger partial charge in [-0.15, -0.1) is 0 Å². The average molecular weight is 214 g/mol. The highest BCUT2D eigenvalue weighted by molar-refractivity contribution is 6.02. The largest absolute Gasteiger partial charge is 0.294 e. The monoisotopic (exact) mass is 214 g/mol. The van der Waals surface area contributed by atoms with E-state index in [0.717, 1.165) is 24.3 Å². The SMILES string of the molecule is CC1(C(=O)c2cccc(C3CCC3)c2)CC1. The summed E-state index contributed by atoms with van der Waals surface area (Å²) in [6, 6.07) is 8.34. The molecule has 84 valence electrons. The van der Waals surface area contributed by atoms with Crippen LogP contribution < -0.4 is 0 Å². The van der Waals surface area contributed by atoms with E-state index in [1.54, 1.807) is 0 Å². The number of hydrogen-bond acceptors (Lipinski definition) is 1. The van der Waals surface area contributed by atoms with Crippen molar-refractivity contribution in [1.82, 2.24) is 0 Å². The zero-order chi connectivity index (χ0) is 11.2. The molecule has 16 heavy (non-hydrogen) atoms. The first kappa shape index (κ1) is 10.1. The predicted molar refractivity (Wildman–Crippen MR) is 64.7 cm³/mol. The van der Waals surface area contributed by atoms with Crippen molar-refractivity contribution in [2.75, 3.05) is 0 Å². The van der Waals surface area contributed by atoms with Crippen LogP contribution in [0.4, 0.5) is 0 Å². The van der Waals surface area contributed by atoms with E-state index in [0.29, 0.717) is 5.78 Å². The van der Waals surface area contributed by atoms with Crippen LogP contribution in [0.2, 0.25) is 0 Å². The molecule has 2 fully saturated rings. The van der Waals surface area contributed by atoms with Gasteiger partial charge in [0.15, 0.2) is 5.78 Å². The standard InChI is InChI=1S/C15H18O/c1-15(8-9-15)14(16)13-7-3-6-12(10-13)11-4-2-5-11/h3,6-7,10-11H,2,4-5,8-9H2,1H3. The molecule has 2 aliphatic carbocycles. The van der Waals surface area contributed by atoms with E-state index < -0.39 is 0 Å². The van der Waals surface area contributed by atoms with Crippen LogP contribution in [0.25, 0.3) is 0 Å². The highest BCUT2D eigenvalue weighted by Crippen LogP contribution is 2.48. The molecule has 0 unspecified atom stereocenters. The summed E-state index contributed by atoms with van der Waals surface area (Å²) >= 11 is 0. The zero-order valence-corrected chi connectivity index (χ0v) is 9.83. The summed E-state index contributed by atoms with van der Waals surface area (Å²) in [5.74, 6) is 1.08. The van der Waals surface area contributed by atoms with Gasteiger partial charge < -0.3 is 0 Å². The lowest BCUT2D eigenvalue weighted by Gasteiger charge is -2.26.